The highest BCUT2D eigenvalue weighted by molar-refractivity contribution is 7.91. The van der Waals surface area contributed by atoms with Crippen molar-refractivity contribution in [2.75, 3.05) is 22.1 Å². The Morgan fingerprint density at radius 3 is 2.38 bits per heavy atom. The number of ether oxygens (including phenoxy) is 1. The molecule has 0 saturated carbocycles. The number of sulfone groups is 1. The number of nitrogens with one attached hydrogen (secondary N) is 2. The van der Waals surface area contributed by atoms with E-state index < -0.39 is 26.7 Å². The Kier molecular flexibility index (Phi) is 6.11. The van der Waals surface area contributed by atoms with Crippen LogP contribution in [0.3, 0.4) is 0 Å². The molecule has 0 bridgehead atoms. The fourth-order valence-corrected chi connectivity index (χ4v) is 6.33. The number of alkyl halides is 3. The van der Waals surface area contributed by atoms with Crippen LogP contribution in [0.1, 0.15) is 28.8 Å². The van der Waals surface area contributed by atoms with E-state index in [1.807, 2.05) is 0 Å². The van der Waals surface area contributed by atoms with Gasteiger partial charge in [0.2, 0.25) is 5.91 Å². The summed E-state index contributed by atoms with van der Waals surface area (Å²) in [5.74, 6) is -1.28. The number of nitrogens with zero attached hydrogens (tertiary/aromatic N) is 2. The topological polar surface area (TPSA) is 127 Å². The Bertz CT molecular complexity index is 1480. The summed E-state index contributed by atoms with van der Waals surface area (Å²) in [6, 6.07) is 8.32. The number of benzene rings is 2. The average Bonchev–Trinajstić information content (AvgIpc) is 3.12. The SMILES string of the molecule is O=C(Nc1ccc(OC(F)(F)Cl)cc1)c1cc2c(c(-c3cncnc3)c1)C1(CCS(=O)(=O)CC1)C(=O)N2. The molecule has 9 nitrogen and oxygen atoms in total. The lowest BCUT2D eigenvalue weighted by atomic mass is 9.73. The van der Waals surface area contributed by atoms with E-state index in [0.717, 1.165) is 0 Å². The van der Waals surface area contributed by atoms with Crippen LogP contribution >= 0.6 is 11.6 Å². The van der Waals surface area contributed by atoms with Crippen molar-refractivity contribution in [3.05, 3.63) is 66.2 Å². The third-order valence-corrected chi connectivity index (χ3v) is 8.19. The van der Waals surface area contributed by atoms with Gasteiger partial charge in [0.05, 0.1) is 16.9 Å². The second-order valence-corrected chi connectivity index (χ2v) is 11.5. The molecule has 2 aliphatic rings. The van der Waals surface area contributed by atoms with Gasteiger partial charge in [0, 0.05) is 46.5 Å². The van der Waals surface area contributed by atoms with Gasteiger partial charge in [-0.05, 0) is 60.4 Å². The van der Waals surface area contributed by atoms with Crippen LogP contribution in [0.25, 0.3) is 11.1 Å². The maximum Gasteiger partial charge on any atom is 0.487 e. The van der Waals surface area contributed by atoms with Gasteiger partial charge in [-0.3, -0.25) is 9.59 Å². The summed E-state index contributed by atoms with van der Waals surface area (Å²) < 4.78 is 54.2. The second-order valence-electron chi connectivity index (χ2n) is 8.79. The molecule has 2 aromatic carbocycles. The molecule has 3 aromatic rings. The number of carbonyl (C=O) groups excluding carboxylic acids is 2. The Hall–Kier alpha value is -3.64. The quantitative estimate of drug-likeness (QED) is 0.462. The van der Waals surface area contributed by atoms with Gasteiger partial charge in [0.25, 0.3) is 5.91 Å². The minimum Gasteiger partial charge on any atom is -0.420 e. The molecule has 3 heterocycles. The maximum absolute atomic E-state index is 13.2. The summed E-state index contributed by atoms with van der Waals surface area (Å²) in [4.78, 5) is 34.4. The fourth-order valence-electron chi connectivity index (χ4n) is 4.72. The van der Waals surface area contributed by atoms with Gasteiger partial charge in [-0.25, -0.2) is 18.4 Å². The van der Waals surface area contributed by atoms with E-state index in [1.54, 1.807) is 18.5 Å². The van der Waals surface area contributed by atoms with Crippen LogP contribution in [-0.4, -0.2) is 47.3 Å². The van der Waals surface area contributed by atoms with Crippen molar-refractivity contribution in [2.24, 2.45) is 0 Å². The van der Waals surface area contributed by atoms with Crippen LogP contribution in [0.5, 0.6) is 5.75 Å². The lowest BCUT2D eigenvalue weighted by molar-refractivity contribution is -0.121. The molecule has 2 aliphatic heterocycles. The highest BCUT2D eigenvalue weighted by atomic mass is 35.5. The van der Waals surface area contributed by atoms with Crippen LogP contribution in [0.15, 0.2) is 55.1 Å². The number of anilines is 2. The molecular weight excluding hydrogens is 530 g/mol. The molecule has 0 aliphatic carbocycles. The molecule has 0 atom stereocenters. The van der Waals surface area contributed by atoms with Gasteiger partial charge < -0.3 is 15.4 Å². The third-order valence-electron chi connectivity index (χ3n) is 6.46. The molecule has 37 heavy (non-hydrogen) atoms. The van der Waals surface area contributed by atoms with E-state index >= 15 is 0 Å². The number of amides is 2. The van der Waals surface area contributed by atoms with E-state index in [0.29, 0.717) is 28.1 Å². The zero-order valence-electron chi connectivity index (χ0n) is 19.0. The number of aromatic nitrogens is 2. The maximum atomic E-state index is 13.2. The highest BCUT2D eigenvalue weighted by Crippen LogP contribution is 2.50. The summed E-state index contributed by atoms with van der Waals surface area (Å²) in [6.45, 7) is 0. The minimum absolute atomic E-state index is 0.121. The van der Waals surface area contributed by atoms with Crippen LogP contribution in [-0.2, 0) is 20.0 Å². The molecule has 2 amide bonds. The summed E-state index contributed by atoms with van der Waals surface area (Å²) >= 11 is 4.77. The van der Waals surface area contributed by atoms with E-state index in [9.17, 15) is 26.8 Å². The molecule has 0 radical (unpaired) electrons. The van der Waals surface area contributed by atoms with Gasteiger partial charge in [0.15, 0.2) is 0 Å². The third kappa shape index (κ3) is 4.98. The van der Waals surface area contributed by atoms with Gasteiger partial charge in [-0.1, -0.05) is 0 Å². The smallest absolute Gasteiger partial charge is 0.420 e. The molecule has 1 spiro atoms. The van der Waals surface area contributed by atoms with Crippen molar-refractivity contribution in [1.29, 1.82) is 0 Å². The Morgan fingerprint density at radius 1 is 1.11 bits per heavy atom. The fraction of sp³-hybridized carbons (Fsp3) is 0.250. The van der Waals surface area contributed by atoms with Crippen LogP contribution < -0.4 is 15.4 Å². The van der Waals surface area contributed by atoms with Crippen molar-refractivity contribution in [2.45, 2.75) is 23.8 Å². The van der Waals surface area contributed by atoms with Crippen LogP contribution in [0.2, 0.25) is 0 Å². The van der Waals surface area contributed by atoms with Crippen molar-refractivity contribution >= 4 is 44.6 Å². The van der Waals surface area contributed by atoms with E-state index in [-0.39, 0.29) is 41.6 Å². The van der Waals surface area contributed by atoms with Crippen molar-refractivity contribution in [3.8, 4) is 16.9 Å². The molecule has 1 aromatic heterocycles. The number of hydrogen-bond donors (Lipinski definition) is 2. The molecule has 1 saturated heterocycles. The first-order valence-corrected chi connectivity index (χ1v) is 13.3. The number of halogens is 3. The molecule has 13 heteroatoms. The molecule has 1 fully saturated rings. The number of rotatable bonds is 5. The summed E-state index contributed by atoms with van der Waals surface area (Å²) in [5.41, 5.74) is -2.30. The predicted molar refractivity (Wildman–Crippen MR) is 131 cm³/mol. The Balaban J connectivity index is 1.51. The van der Waals surface area contributed by atoms with Crippen molar-refractivity contribution in [3.63, 3.8) is 0 Å². The van der Waals surface area contributed by atoms with Gasteiger partial charge in [0.1, 0.15) is 21.9 Å². The summed E-state index contributed by atoms with van der Waals surface area (Å²) in [7, 11) is -3.25. The summed E-state index contributed by atoms with van der Waals surface area (Å²) in [6.07, 6.45) is 4.68. The number of carbonyl (C=O) groups is 2. The van der Waals surface area contributed by atoms with Crippen LogP contribution in [0.4, 0.5) is 20.2 Å². The molecular formula is C24H19ClF2N4O5S. The first kappa shape index (κ1) is 25.0. The molecule has 5 rings (SSSR count). The molecule has 192 valence electrons. The largest absolute Gasteiger partial charge is 0.487 e. The van der Waals surface area contributed by atoms with Crippen LogP contribution in [0, 0.1) is 0 Å². The van der Waals surface area contributed by atoms with Gasteiger partial charge in [-0.15, -0.1) is 8.78 Å². The predicted octanol–water partition coefficient (Wildman–Crippen LogP) is 3.96. The number of hydrogen-bond acceptors (Lipinski definition) is 7. The average molecular weight is 549 g/mol. The summed E-state index contributed by atoms with van der Waals surface area (Å²) in [5, 5.41) is 5.50. The monoisotopic (exact) mass is 548 g/mol. The van der Waals surface area contributed by atoms with E-state index in [2.05, 4.69) is 25.3 Å². The Labute approximate surface area is 215 Å². The minimum atomic E-state index is -3.86. The first-order valence-electron chi connectivity index (χ1n) is 11.1. The van der Waals surface area contributed by atoms with Crippen molar-refractivity contribution in [1.82, 2.24) is 9.97 Å². The lowest BCUT2D eigenvalue weighted by Crippen LogP contribution is -2.42. The van der Waals surface area contributed by atoms with E-state index in [1.165, 1.54) is 36.7 Å². The Morgan fingerprint density at radius 2 is 1.76 bits per heavy atom. The second kappa shape index (κ2) is 9.03. The molecule has 2 N–H and O–H groups in total. The number of fused-ring (bicyclic) bond motifs is 2. The first-order chi connectivity index (χ1) is 17.5. The van der Waals surface area contributed by atoms with E-state index in [4.69, 9.17) is 11.6 Å². The highest BCUT2D eigenvalue weighted by Gasteiger charge is 2.51. The van der Waals surface area contributed by atoms with Crippen molar-refractivity contribution < 1.29 is 31.5 Å². The van der Waals surface area contributed by atoms with Gasteiger partial charge in [-0.2, -0.15) is 0 Å². The standard InChI is InChI=1S/C24H19ClF2N4O5S/c25-24(26,27)36-17-3-1-16(2-4-17)30-21(32)14-9-18(15-11-28-13-29-12-15)20-19(10-14)31-22(33)23(20)5-7-37(34,35)8-6-23/h1-4,9-13H,5-8H2,(H,30,32)(H,31,33). The zero-order valence-corrected chi connectivity index (χ0v) is 20.6. The van der Waals surface area contributed by atoms with Gasteiger partial charge >= 0.3 is 5.57 Å². The lowest BCUT2D eigenvalue weighted by Gasteiger charge is -2.32. The molecule has 0 unspecified atom stereocenters. The zero-order chi connectivity index (χ0) is 26.4. The normalized spacial score (nSPS) is 17.6.